The number of fused-ring (bicyclic) bond motifs is 1. The summed E-state index contributed by atoms with van der Waals surface area (Å²) in [6.45, 7) is 0.161. The van der Waals surface area contributed by atoms with Crippen molar-refractivity contribution < 1.29 is 15.0 Å². The molecule has 2 N–H and O–H groups in total. The van der Waals surface area contributed by atoms with Gasteiger partial charge >= 0.3 is 6.09 Å². The molecule has 3 rings (SSSR count). The number of carboxylic acid groups (broad SMARTS) is 1. The van der Waals surface area contributed by atoms with Gasteiger partial charge < -0.3 is 10.2 Å². The Hall–Kier alpha value is -1.90. The van der Waals surface area contributed by atoms with E-state index in [0.29, 0.717) is 4.70 Å². The van der Waals surface area contributed by atoms with Gasteiger partial charge in [-0.25, -0.2) is 9.78 Å². The number of hydrogen-bond donors (Lipinski definition) is 2. The molecule has 9 heteroatoms. The number of carbonyl (C=O) groups is 1. The Kier molecular flexibility index (Phi) is 3.66. The van der Waals surface area contributed by atoms with E-state index in [-0.39, 0.29) is 28.9 Å². The Morgan fingerprint density at radius 1 is 1.38 bits per heavy atom. The topological polar surface area (TPSA) is 86.5 Å². The summed E-state index contributed by atoms with van der Waals surface area (Å²) in [7, 11) is 0. The number of aromatic hydroxyl groups is 1. The summed E-state index contributed by atoms with van der Waals surface area (Å²) in [6.07, 6.45) is -1.15. The van der Waals surface area contributed by atoms with Gasteiger partial charge in [-0.05, 0) is 23.0 Å². The number of nitrogens with zero attached hydrogens (tertiary/aromatic N) is 3. The second-order valence-electron chi connectivity index (χ2n) is 4.06. The number of thiophene rings is 2. The van der Waals surface area contributed by atoms with Crippen LogP contribution < -0.4 is 4.90 Å². The summed E-state index contributed by atoms with van der Waals surface area (Å²) in [5, 5.41) is 22.4. The molecule has 0 atom stereocenters. The van der Waals surface area contributed by atoms with Gasteiger partial charge in [0.2, 0.25) is 5.28 Å². The maximum atomic E-state index is 11.6. The molecule has 0 aliphatic carbocycles. The molecular weight excluding hydrogens is 334 g/mol. The predicted octanol–water partition coefficient (Wildman–Crippen LogP) is 3.80. The van der Waals surface area contributed by atoms with Crippen LogP contribution in [-0.2, 0) is 6.54 Å². The van der Waals surface area contributed by atoms with E-state index >= 15 is 0 Å². The second-order valence-corrected chi connectivity index (χ2v) is 6.31. The quantitative estimate of drug-likeness (QED) is 0.708. The third kappa shape index (κ3) is 2.65. The number of rotatable bonds is 3. The normalized spacial score (nSPS) is 10.9. The summed E-state index contributed by atoms with van der Waals surface area (Å²) < 4.78 is 0.482. The first-order chi connectivity index (χ1) is 10.1. The van der Waals surface area contributed by atoms with E-state index in [9.17, 15) is 15.0 Å². The molecule has 0 aliphatic heterocycles. The van der Waals surface area contributed by atoms with E-state index in [0.717, 1.165) is 9.78 Å². The first-order valence-corrected chi connectivity index (χ1v) is 7.86. The maximum Gasteiger partial charge on any atom is 0.413 e. The molecular formula is C12H8ClN3O3S2. The second kappa shape index (κ2) is 5.47. The van der Waals surface area contributed by atoms with Crippen molar-refractivity contribution in [2.45, 2.75) is 6.54 Å². The zero-order valence-corrected chi connectivity index (χ0v) is 12.7. The van der Waals surface area contributed by atoms with E-state index in [1.165, 1.54) is 28.1 Å². The van der Waals surface area contributed by atoms with Crippen molar-refractivity contribution >= 4 is 56.4 Å². The lowest BCUT2D eigenvalue weighted by molar-refractivity contribution is 0.201. The summed E-state index contributed by atoms with van der Waals surface area (Å²) in [4.78, 5) is 21.5. The average Bonchev–Trinajstić information content (AvgIpc) is 3.06. The minimum atomic E-state index is -1.15. The van der Waals surface area contributed by atoms with Crippen LogP contribution in [0.2, 0.25) is 5.28 Å². The number of anilines is 1. The summed E-state index contributed by atoms with van der Waals surface area (Å²) >= 11 is 8.46. The first kappa shape index (κ1) is 14.1. The van der Waals surface area contributed by atoms with Crippen LogP contribution in [0.4, 0.5) is 10.6 Å². The van der Waals surface area contributed by atoms with Crippen molar-refractivity contribution in [3.05, 3.63) is 33.1 Å². The van der Waals surface area contributed by atoms with Crippen molar-refractivity contribution in [1.29, 1.82) is 0 Å². The molecule has 3 aromatic rings. The Morgan fingerprint density at radius 3 is 2.86 bits per heavy atom. The standard InChI is InChI=1S/C12H8ClN3O3S2/c13-11-14-8-7(17)5-21-9(8)10(15-11)16(12(18)19)4-6-2-1-3-20-6/h1-3,5,17H,4H2,(H,18,19). The molecule has 21 heavy (non-hydrogen) atoms. The molecule has 0 fully saturated rings. The summed E-state index contributed by atoms with van der Waals surface area (Å²) in [6, 6.07) is 3.69. The fraction of sp³-hybridized carbons (Fsp3) is 0.0833. The van der Waals surface area contributed by atoms with Gasteiger partial charge in [0.25, 0.3) is 0 Å². The predicted molar refractivity (Wildman–Crippen MR) is 82.6 cm³/mol. The van der Waals surface area contributed by atoms with Crippen molar-refractivity contribution in [1.82, 2.24) is 9.97 Å². The smallest absolute Gasteiger partial charge is 0.413 e. The van der Waals surface area contributed by atoms with Crippen LogP contribution >= 0.6 is 34.3 Å². The Morgan fingerprint density at radius 2 is 2.19 bits per heavy atom. The van der Waals surface area contributed by atoms with E-state index in [4.69, 9.17) is 11.6 Å². The molecule has 0 saturated heterocycles. The summed E-state index contributed by atoms with van der Waals surface area (Å²) in [5.41, 5.74) is 0.257. The van der Waals surface area contributed by atoms with Gasteiger partial charge in [-0.15, -0.1) is 22.7 Å². The van der Waals surface area contributed by atoms with Crippen LogP contribution in [0.15, 0.2) is 22.9 Å². The fourth-order valence-corrected chi connectivity index (χ4v) is 3.56. The van der Waals surface area contributed by atoms with E-state index in [1.54, 1.807) is 0 Å². The molecule has 3 aromatic heterocycles. The first-order valence-electron chi connectivity index (χ1n) is 5.73. The Bertz CT molecular complexity index is 804. The molecule has 0 unspecified atom stereocenters. The van der Waals surface area contributed by atoms with Crippen LogP contribution in [0.3, 0.4) is 0 Å². The highest BCUT2D eigenvalue weighted by molar-refractivity contribution is 7.18. The molecule has 0 aromatic carbocycles. The lowest BCUT2D eigenvalue weighted by Crippen LogP contribution is -2.29. The van der Waals surface area contributed by atoms with Crippen LogP contribution in [-0.4, -0.2) is 26.3 Å². The van der Waals surface area contributed by atoms with Gasteiger partial charge in [0.15, 0.2) is 11.6 Å². The minimum Gasteiger partial charge on any atom is -0.505 e. The highest BCUT2D eigenvalue weighted by atomic mass is 35.5. The molecule has 3 heterocycles. The molecule has 0 spiro atoms. The summed E-state index contributed by atoms with van der Waals surface area (Å²) in [5.74, 6) is 0.137. The third-order valence-electron chi connectivity index (χ3n) is 2.73. The largest absolute Gasteiger partial charge is 0.505 e. The minimum absolute atomic E-state index is 0.0398. The van der Waals surface area contributed by atoms with Gasteiger partial charge in [0.1, 0.15) is 5.52 Å². The highest BCUT2D eigenvalue weighted by Crippen LogP contribution is 2.37. The van der Waals surface area contributed by atoms with Crippen LogP contribution in [0.25, 0.3) is 10.2 Å². The van der Waals surface area contributed by atoms with Gasteiger partial charge in [-0.2, -0.15) is 4.98 Å². The molecule has 0 saturated carbocycles. The SMILES string of the molecule is O=C(O)N(Cc1cccs1)c1nc(Cl)nc2c(O)csc12. The number of hydrogen-bond acceptors (Lipinski definition) is 6. The van der Waals surface area contributed by atoms with Crippen molar-refractivity contribution in [3.8, 4) is 5.75 Å². The molecule has 1 amide bonds. The molecule has 108 valence electrons. The van der Waals surface area contributed by atoms with Crippen LogP contribution in [0.5, 0.6) is 5.75 Å². The van der Waals surface area contributed by atoms with Gasteiger partial charge in [0, 0.05) is 10.3 Å². The fourth-order valence-electron chi connectivity index (χ4n) is 1.84. The van der Waals surface area contributed by atoms with E-state index in [2.05, 4.69) is 9.97 Å². The van der Waals surface area contributed by atoms with Crippen LogP contribution in [0.1, 0.15) is 4.88 Å². The highest BCUT2D eigenvalue weighted by Gasteiger charge is 2.23. The number of halogens is 1. The third-order valence-corrected chi connectivity index (χ3v) is 4.71. The lowest BCUT2D eigenvalue weighted by atomic mass is 10.3. The van der Waals surface area contributed by atoms with Crippen molar-refractivity contribution in [3.63, 3.8) is 0 Å². The van der Waals surface area contributed by atoms with Gasteiger partial charge in [0.05, 0.1) is 11.2 Å². The zero-order valence-electron chi connectivity index (χ0n) is 10.4. The van der Waals surface area contributed by atoms with Crippen molar-refractivity contribution in [2.24, 2.45) is 0 Å². The maximum absolute atomic E-state index is 11.6. The molecule has 0 radical (unpaired) electrons. The Labute approximate surface area is 131 Å². The molecule has 0 aliphatic rings. The van der Waals surface area contributed by atoms with E-state index in [1.807, 2.05) is 17.5 Å². The molecule has 0 bridgehead atoms. The average molecular weight is 342 g/mol. The van der Waals surface area contributed by atoms with E-state index < -0.39 is 6.09 Å². The van der Waals surface area contributed by atoms with Gasteiger partial charge in [-0.3, -0.25) is 4.90 Å². The Balaban J connectivity index is 2.13. The number of aromatic nitrogens is 2. The van der Waals surface area contributed by atoms with Crippen molar-refractivity contribution in [2.75, 3.05) is 4.90 Å². The molecule has 6 nitrogen and oxygen atoms in total. The number of amides is 1. The monoisotopic (exact) mass is 341 g/mol. The van der Waals surface area contributed by atoms with Crippen LogP contribution in [0, 0.1) is 0 Å². The zero-order chi connectivity index (χ0) is 15.0. The van der Waals surface area contributed by atoms with Gasteiger partial charge in [-0.1, -0.05) is 6.07 Å². The lowest BCUT2D eigenvalue weighted by Gasteiger charge is -2.18.